The second kappa shape index (κ2) is 10.00. The quantitative estimate of drug-likeness (QED) is 0.561. The molecule has 1 heterocycles. The number of hydrogen-bond donors (Lipinski definition) is 2. The molecule has 2 N–H and O–H groups in total. The number of hydrogen-bond acceptors (Lipinski definition) is 5. The number of carbonyl (C=O) groups excluding carboxylic acids is 2. The molecule has 2 amide bonds. The molecule has 0 aliphatic heterocycles. The summed E-state index contributed by atoms with van der Waals surface area (Å²) in [4.78, 5) is 25.1. The van der Waals surface area contributed by atoms with Gasteiger partial charge in [-0.05, 0) is 56.2 Å². The predicted molar refractivity (Wildman–Crippen MR) is 122 cm³/mol. The molecule has 0 fully saturated rings. The fraction of sp³-hybridized carbons (Fsp3) is 0.292. The van der Waals surface area contributed by atoms with E-state index in [9.17, 15) is 9.59 Å². The van der Waals surface area contributed by atoms with E-state index in [2.05, 4.69) is 15.7 Å². The lowest BCUT2D eigenvalue weighted by Gasteiger charge is -2.14. The highest BCUT2D eigenvalue weighted by atomic mass is 16.5. The fourth-order valence-electron chi connectivity index (χ4n) is 3.21. The molecular weight excluding hydrogens is 408 g/mol. The molecule has 0 bridgehead atoms. The molecule has 168 valence electrons. The van der Waals surface area contributed by atoms with Crippen molar-refractivity contribution in [3.05, 3.63) is 70.5 Å². The Kier molecular flexibility index (Phi) is 7.14. The van der Waals surface area contributed by atoms with Crippen LogP contribution in [0.2, 0.25) is 0 Å². The molecule has 0 saturated carbocycles. The topological polar surface area (TPSA) is 94.5 Å². The standard InChI is InChI=1S/C24H28N4O4/c1-6-28-13-19(22(27-28)24(30)25-4)26-23(29)17-9-10-20(31-5)18(12-17)14-32-21-11-15(2)7-8-16(21)3/h7-13H,6,14H2,1-5H3,(H,25,30)(H,26,29). The first kappa shape index (κ1) is 22.9. The third-order valence-electron chi connectivity index (χ3n) is 5.05. The number of nitrogens with one attached hydrogen (secondary N) is 2. The second-order valence-corrected chi connectivity index (χ2v) is 7.36. The van der Waals surface area contributed by atoms with Gasteiger partial charge >= 0.3 is 0 Å². The van der Waals surface area contributed by atoms with Gasteiger partial charge in [0, 0.05) is 30.9 Å². The van der Waals surface area contributed by atoms with Gasteiger partial charge in [0.1, 0.15) is 18.1 Å². The molecule has 0 radical (unpaired) electrons. The average Bonchev–Trinajstić information content (AvgIpc) is 3.21. The molecule has 0 unspecified atom stereocenters. The molecule has 2 aromatic carbocycles. The molecule has 8 heteroatoms. The maximum Gasteiger partial charge on any atom is 0.273 e. The van der Waals surface area contributed by atoms with Gasteiger partial charge in [-0.25, -0.2) is 0 Å². The van der Waals surface area contributed by atoms with Crippen LogP contribution in [0.5, 0.6) is 11.5 Å². The number of amides is 2. The van der Waals surface area contributed by atoms with E-state index in [0.29, 0.717) is 23.5 Å². The van der Waals surface area contributed by atoms with Crippen LogP contribution in [0, 0.1) is 13.8 Å². The molecule has 32 heavy (non-hydrogen) atoms. The summed E-state index contributed by atoms with van der Waals surface area (Å²) in [6.07, 6.45) is 1.64. The molecule has 0 aliphatic carbocycles. The number of anilines is 1. The lowest BCUT2D eigenvalue weighted by atomic mass is 10.1. The highest BCUT2D eigenvalue weighted by molar-refractivity contribution is 6.08. The molecule has 8 nitrogen and oxygen atoms in total. The molecule has 0 atom stereocenters. The van der Waals surface area contributed by atoms with Crippen LogP contribution < -0.4 is 20.1 Å². The molecule has 0 aliphatic rings. The summed E-state index contributed by atoms with van der Waals surface area (Å²) >= 11 is 0. The molecule has 0 spiro atoms. The predicted octanol–water partition coefficient (Wildman–Crippen LogP) is 3.72. The Bertz CT molecular complexity index is 1140. The number of ether oxygens (including phenoxy) is 2. The van der Waals surface area contributed by atoms with Gasteiger partial charge in [-0.2, -0.15) is 5.10 Å². The van der Waals surface area contributed by atoms with E-state index in [1.54, 1.807) is 36.2 Å². The average molecular weight is 437 g/mol. The summed E-state index contributed by atoms with van der Waals surface area (Å²) in [6.45, 7) is 6.70. The van der Waals surface area contributed by atoms with Crippen molar-refractivity contribution in [3.8, 4) is 11.5 Å². The Morgan fingerprint density at radius 1 is 1.06 bits per heavy atom. The maximum absolute atomic E-state index is 12.9. The fourth-order valence-corrected chi connectivity index (χ4v) is 3.21. The minimum Gasteiger partial charge on any atom is -0.496 e. The Labute approximate surface area is 187 Å². The molecular formula is C24H28N4O4. The van der Waals surface area contributed by atoms with Crippen molar-refractivity contribution in [1.29, 1.82) is 0 Å². The van der Waals surface area contributed by atoms with Crippen LogP contribution in [-0.2, 0) is 13.2 Å². The van der Waals surface area contributed by atoms with Crippen molar-refractivity contribution < 1.29 is 19.1 Å². The van der Waals surface area contributed by atoms with Gasteiger partial charge in [0.15, 0.2) is 5.69 Å². The van der Waals surface area contributed by atoms with Crippen LogP contribution >= 0.6 is 0 Å². The third kappa shape index (κ3) is 5.08. The first-order valence-corrected chi connectivity index (χ1v) is 10.3. The van der Waals surface area contributed by atoms with Crippen molar-refractivity contribution in [3.63, 3.8) is 0 Å². The van der Waals surface area contributed by atoms with Crippen LogP contribution in [0.25, 0.3) is 0 Å². The number of aryl methyl sites for hydroxylation is 3. The van der Waals surface area contributed by atoms with Gasteiger partial charge in [0.2, 0.25) is 0 Å². The van der Waals surface area contributed by atoms with Gasteiger partial charge in [-0.15, -0.1) is 0 Å². The normalized spacial score (nSPS) is 10.5. The van der Waals surface area contributed by atoms with E-state index in [0.717, 1.165) is 22.4 Å². The largest absolute Gasteiger partial charge is 0.496 e. The first-order valence-electron chi connectivity index (χ1n) is 10.3. The minimum atomic E-state index is -0.371. The summed E-state index contributed by atoms with van der Waals surface area (Å²) in [5.74, 6) is 0.673. The maximum atomic E-state index is 12.9. The smallest absolute Gasteiger partial charge is 0.273 e. The van der Waals surface area contributed by atoms with Gasteiger partial charge in [0.05, 0.1) is 12.8 Å². The number of rotatable bonds is 8. The second-order valence-electron chi connectivity index (χ2n) is 7.36. The van der Waals surface area contributed by atoms with E-state index >= 15 is 0 Å². The van der Waals surface area contributed by atoms with Gasteiger partial charge in [-0.1, -0.05) is 12.1 Å². The highest BCUT2D eigenvalue weighted by Crippen LogP contribution is 2.25. The first-order chi connectivity index (χ1) is 15.4. The Morgan fingerprint density at radius 3 is 2.53 bits per heavy atom. The monoisotopic (exact) mass is 436 g/mol. The molecule has 1 aromatic heterocycles. The van der Waals surface area contributed by atoms with Crippen LogP contribution in [0.15, 0.2) is 42.6 Å². The Hall–Kier alpha value is -3.81. The summed E-state index contributed by atoms with van der Waals surface area (Å²) < 4.78 is 13.0. The SMILES string of the molecule is CCn1cc(NC(=O)c2ccc(OC)c(COc3cc(C)ccc3C)c2)c(C(=O)NC)n1. The lowest BCUT2D eigenvalue weighted by Crippen LogP contribution is -2.21. The zero-order valence-electron chi connectivity index (χ0n) is 19.0. The van der Waals surface area contributed by atoms with Crippen LogP contribution in [0.1, 0.15) is 44.5 Å². The van der Waals surface area contributed by atoms with Crippen LogP contribution in [-0.4, -0.2) is 35.8 Å². The van der Waals surface area contributed by atoms with Gasteiger partial charge in [0.25, 0.3) is 11.8 Å². The highest BCUT2D eigenvalue weighted by Gasteiger charge is 2.19. The number of benzene rings is 2. The number of methoxy groups -OCH3 is 1. The third-order valence-corrected chi connectivity index (χ3v) is 5.05. The number of carbonyl (C=O) groups is 2. The number of aromatic nitrogens is 2. The Morgan fingerprint density at radius 2 is 1.84 bits per heavy atom. The van der Waals surface area contributed by atoms with Crippen molar-refractivity contribution in [2.45, 2.75) is 33.9 Å². The zero-order chi connectivity index (χ0) is 23.3. The zero-order valence-corrected chi connectivity index (χ0v) is 19.0. The lowest BCUT2D eigenvalue weighted by molar-refractivity contribution is 0.0958. The molecule has 3 rings (SSSR count). The van der Waals surface area contributed by atoms with E-state index < -0.39 is 0 Å². The number of nitrogens with zero attached hydrogens (tertiary/aromatic N) is 2. The van der Waals surface area contributed by atoms with Crippen molar-refractivity contribution in [1.82, 2.24) is 15.1 Å². The van der Waals surface area contributed by atoms with Crippen LogP contribution in [0.3, 0.4) is 0 Å². The minimum absolute atomic E-state index is 0.162. The Balaban J connectivity index is 1.83. The summed E-state index contributed by atoms with van der Waals surface area (Å²) in [7, 11) is 3.09. The van der Waals surface area contributed by atoms with Crippen molar-refractivity contribution in [2.24, 2.45) is 0 Å². The van der Waals surface area contributed by atoms with Gasteiger partial charge in [-0.3, -0.25) is 14.3 Å². The van der Waals surface area contributed by atoms with Crippen molar-refractivity contribution in [2.75, 3.05) is 19.5 Å². The van der Waals surface area contributed by atoms with E-state index in [-0.39, 0.29) is 24.1 Å². The summed E-state index contributed by atoms with van der Waals surface area (Å²) in [6, 6.07) is 11.1. The van der Waals surface area contributed by atoms with Crippen molar-refractivity contribution >= 4 is 17.5 Å². The molecule has 0 saturated heterocycles. The van der Waals surface area contributed by atoms with Gasteiger partial charge < -0.3 is 20.1 Å². The molecule has 3 aromatic rings. The van der Waals surface area contributed by atoms with Crippen LogP contribution in [0.4, 0.5) is 5.69 Å². The van der Waals surface area contributed by atoms with E-state index in [1.165, 1.54) is 7.05 Å². The summed E-state index contributed by atoms with van der Waals surface area (Å²) in [5, 5.41) is 9.54. The van der Waals surface area contributed by atoms with E-state index in [1.807, 2.05) is 39.0 Å². The van der Waals surface area contributed by atoms with E-state index in [4.69, 9.17) is 9.47 Å². The summed E-state index contributed by atoms with van der Waals surface area (Å²) in [5.41, 5.74) is 3.78.